The van der Waals surface area contributed by atoms with Crippen molar-refractivity contribution in [3.63, 3.8) is 0 Å². The quantitative estimate of drug-likeness (QED) is 0.925. The van der Waals surface area contributed by atoms with Crippen molar-refractivity contribution in [1.82, 2.24) is 5.16 Å². The predicted octanol–water partition coefficient (Wildman–Crippen LogP) is 3.01. The number of carboxylic acids is 1. The van der Waals surface area contributed by atoms with E-state index in [2.05, 4.69) is 5.16 Å². The first-order valence-corrected chi connectivity index (χ1v) is 5.46. The van der Waals surface area contributed by atoms with E-state index in [9.17, 15) is 4.79 Å². The molecule has 0 radical (unpaired) electrons. The minimum Gasteiger partial charge on any atom is -0.496 e. The molecule has 2 aromatic rings. The standard InChI is InChI=1S/C12H10ClNO4/c1-6-9(12(15)16)11(14-18-6)10-7(13)4-3-5-8(10)17-2/h3-5H,1-2H3,(H,15,16). The average molecular weight is 268 g/mol. The summed E-state index contributed by atoms with van der Waals surface area (Å²) in [4.78, 5) is 11.2. The van der Waals surface area contributed by atoms with Gasteiger partial charge in [0, 0.05) is 0 Å². The molecule has 1 aromatic carbocycles. The number of ether oxygens (including phenoxy) is 1. The zero-order valence-electron chi connectivity index (χ0n) is 9.73. The third-order valence-electron chi connectivity index (χ3n) is 2.51. The molecule has 1 heterocycles. The number of methoxy groups -OCH3 is 1. The van der Waals surface area contributed by atoms with Crippen molar-refractivity contribution < 1.29 is 19.2 Å². The second kappa shape index (κ2) is 4.70. The molecule has 0 atom stereocenters. The van der Waals surface area contributed by atoms with E-state index in [1.54, 1.807) is 18.2 Å². The third-order valence-corrected chi connectivity index (χ3v) is 2.82. The highest BCUT2D eigenvalue weighted by Gasteiger charge is 2.24. The minimum atomic E-state index is -1.12. The summed E-state index contributed by atoms with van der Waals surface area (Å²) in [6.07, 6.45) is 0. The summed E-state index contributed by atoms with van der Waals surface area (Å²) in [6, 6.07) is 5.02. The molecule has 0 amide bonds. The maximum Gasteiger partial charge on any atom is 0.341 e. The smallest absolute Gasteiger partial charge is 0.341 e. The Bertz CT molecular complexity index is 606. The first-order valence-electron chi connectivity index (χ1n) is 5.08. The van der Waals surface area contributed by atoms with E-state index in [-0.39, 0.29) is 17.0 Å². The first kappa shape index (κ1) is 12.4. The molecule has 2 rings (SSSR count). The highest BCUT2D eigenvalue weighted by Crippen LogP contribution is 2.38. The van der Waals surface area contributed by atoms with E-state index in [0.717, 1.165) is 0 Å². The van der Waals surface area contributed by atoms with Gasteiger partial charge >= 0.3 is 5.97 Å². The van der Waals surface area contributed by atoms with Crippen molar-refractivity contribution in [2.24, 2.45) is 0 Å². The van der Waals surface area contributed by atoms with Crippen LogP contribution in [0.5, 0.6) is 5.75 Å². The molecule has 0 saturated heterocycles. The molecule has 0 aliphatic carbocycles. The van der Waals surface area contributed by atoms with Crippen molar-refractivity contribution >= 4 is 17.6 Å². The van der Waals surface area contributed by atoms with Crippen LogP contribution >= 0.6 is 11.6 Å². The molecule has 1 aromatic heterocycles. The monoisotopic (exact) mass is 267 g/mol. The van der Waals surface area contributed by atoms with Crippen LogP contribution in [-0.2, 0) is 0 Å². The fraction of sp³-hybridized carbons (Fsp3) is 0.167. The van der Waals surface area contributed by atoms with E-state index in [1.807, 2.05) is 0 Å². The Kier molecular flexibility index (Phi) is 3.25. The first-order chi connectivity index (χ1) is 8.56. The molecular weight excluding hydrogens is 258 g/mol. The molecule has 0 saturated carbocycles. The molecule has 0 aliphatic heterocycles. The summed E-state index contributed by atoms with van der Waals surface area (Å²) < 4.78 is 10.1. The van der Waals surface area contributed by atoms with Crippen LogP contribution < -0.4 is 4.74 Å². The maximum atomic E-state index is 11.2. The van der Waals surface area contributed by atoms with Gasteiger partial charge in [-0.05, 0) is 19.1 Å². The number of aromatic nitrogens is 1. The highest BCUT2D eigenvalue weighted by molar-refractivity contribution is 6.33. The van der Waals surface area contributed by atoms with Gasteiger partial charge in [0.15, 0.2) is 0 Å². The Morgan fingerprint density at radius 2 is 2.22 bits per heavy atom. The number of nitrogens with zero attached hydrogens (tertiary/aromatic N) is 1. The van der Waals surface area contributed by atoms with Gasteiger partial charge in [0.25, 0.3) is 0 Å². The number of hydrogen-bond donors (Lipinski definition) is 1. The van der Waals surface area contributed by atoms with Gasteiger partial charge in [0.2, 0.25) is 0 Å². The molecule has 0 fully saturated rings. The summed E-state index contributed by atoms with van der Waals surface area (Å²) >= 11 is 6.07. The Balaban J connectivity index is 2.73. The number of aryl methyl sites for hydroxylation is 1. The third kappa shape index (κ3) is 1.93. The van der Waals surface area contributed by atoms with Gasteiger partial charge in [-0.1, -0.05) is 22.8 Å². The van der Waals surface area contributed by atoms with Gasteiger partial charge in [-0.15, -0.1) is 0 Å². The van der Waals surface area contributed by atoms with Gasteiger partial charge in [-0.2, -0.15) is 0 Å². The van der Waals surface area contributed by atoms with E-state index in [0.29, 0.717) is 16.3 Å². The fourth-order valence-corrected chi connectivity index (χ4v) is 1.95. The van der Waals surface area contributed by atoms with Crippen LogP contribution in [0.2, 0.25) is 5.02 Å². The molecule has 18 heavy (non-hydrogen) atoms. The number of aromatic carboxylic acids is 1. The lowest BCUT2D eigenvalue weighted by molar-refractivity contribution is 0.0696. The van der Waals surface area contributed by atoms with Gasteiger partial charge in [-0.25, -0.2) is 4.79 Å². The average Bonchev–Trinajstić information content (AvgIpc) is 2.70. The van der Waals surface area contributed by atoms with E-state index in [4.69, 9.17) is 26.0 Å². The predicted molar refractivity (Wildman–Crippen MR) is 65.2 cm³/mol. The Morgan fingerprint density at radius 1 is 1.50 bits per heavy atom. The van der Waals surface area contributed by atoms with Crippen molar-refractivity contribution in [1.29, 1.82) is 0 Å². The lowest BCUT2D eigenvalue weighted by atomic mass is 10.1. The summed E-state index contributed by atoms with van der Waals surface area (Å²) in [7, 11) is 1.47. The normalized spacial score (nSPS) is 10.4. The molecular formula is C12H10ClNO4. The van der Waals surface area contributed by atoms with Gasteiger partial charge in [0.1, 0.15) is 22.8 Å². The number of hydrogen-bond acceptors (Lipinski definition) is 4. The second-order valence-electron chi connectivity index (χ2n) is 3.58. The molecule has 1 N–H and O–H groups in total. The van der Waals surface area contributed by atoms with Crippen LogP contribution in [0.1, 0.15) is 16.1 Å². The number of benzene rings is 1. The topological polar surface area (TPSA) is 72.6 Å². The summed E-state index contributed by atoms with van der Waals surface area (Å²) in [6.45, 7) is 1.53. The van der Waals surface area contributed by atoms with Gasteiger partial charge < -0.3 is 14.4 Å². The van der Waals surface area contributed by atoms with Crippen molar-refractivity contribution in [2.75, 3.05) is 7.11 Å². The summed E-state index contributed by atoms with van der Waals surface area (Å²) in [5.74, 6) is -0.455. The number of halogens is 1. The van der Waals surface area contributed by atoms with Crippen LogP contribution in [0, 0.1) is 6.92 Å². The number of carbonyl (C=O) groups is 1. The lowest BCUT2D eigenvalue weighted by Gasteiger charge is -2.08. The van der Waals surface area contributed by atoms with Gasteiger partial charge in [0.05, 0.1) is 17.7 Å². The Morgan fingerprint density at radius 3 is 2.83 bits per heavy atom. The number of rotatable bonds is 3. The zero-order chi connectivity index (χ0) is 13.3. The Hall–Kier alpha value is -2.01. The summed E-state index contributed by atoms with van der Waals surface area (Å²) in [5, 5.41) is 13.3. The lowest BCUT2D eigenvalue weighted by Crippen LogP contribution is -2.00. The molecule has 0 unspecified atom stereocenters. The fourth-order valence-electron chi connectivity index (χ4n) is 1.70. The molecule has 0 bridgehead atoms. The molecule has 6 heteroatoms. The van der Waals surface area contributed by atoms with E-state index >= 15 is 0 Å². The highest BCUT2D eigenvalue weighted by atomic mass is 35.5. The summed E-state index contributed by atoms with van der Waals surface area (Å²) in [5.41, 5.74) is 0.569. The van der Waals surface area contributed by atoms with Gasteiger partial charge in [-0.3, -0.25) is 0 Å². The second-order valence-corrected chi connectivity index (χ2v) is 3.99. The van der Waals surface area contributed by atoms with Crippen LogP contribution in [0.25, 0.3) is 11.3 Å². The van der Waals surface area contributed by atoms with Crippen LogP contribution in [0.3, 0.4) is 0 Å². The molecule has 94 valence electrons. The molecule has 5 nitrogen and oxygen atoms in total. The van der Waals surface area contributed by atoms with Crippen LogP contribution in [-0.4, -0.2) is 23.3 Å². The SMILES string of the molecule is COc1cccc(Cl)c1-c1noc(C)c1C(=O)O. The van der Waals surface area contributed by atoms with E-state index in [1.165, 1.54) is 14.0 Å². The largest absolute Gasteiger partial charge is 0.496 e. The van der Waals surface area contributed by atoms with E-state index < -0.39 is 5.97 Å². The van der Waals surface area contributed by atoms with Crippen molar-refractivity contribution in [2.45, 2.75) is 6.92 Å². The van der Waals surface area contributed by atoms with Crippen LogP contribution in [0.4, 0.5) is 0 Å². The molecule has 0 spiro atoms. The van der Waals surface area contributed by atoms with Crippen molar-refractivity contribution in [3.05, 3.63) is 34.5 Å². The zero-order valence-corrected chi connectivity index (χ0v) is 10.5. The Labute approximate surface area is 108 Å². The van der Waals surface area contributed by atoms with Crippen molar-refractivity contribution in [3.8, 4) is 17.0 Å². The minimum absolute atomic E-state index is 0.0126. The molecule has 0 aliphatic rings. The maximum absolute atomic E-state index is 11.2. The number of carboxylic acid groups (broad SMARTS) is 1. The van der Waals surface area contributed by atoms with Crippen LogP contribution in [0.15, 0.2) is 22.7 Å².